The van der Waals surface area contributed by atoms with Crippen molar-refractivity contribution in [3.63, 3.8) is 0 Å². The lowest BCUT2D eigenvalue weighted by molar-refractivity contribution is -0.171. The average molecular weight is 204 g/mol. The molecule has 1 unspecified atom stereocenters. The summed E-state index contributed by atoms with van der Waals surface area (Å²) in [6.07, 6.45) is 1.25. The van der Waals surface area contributed by atoms with E-state index in [2.05, 4.69) is 20.8 Å². The molecule has 78 valence electrons. The Morgan fingerprint density at radius 1 is 1.38 bits per heavy atom. The molecule has 1 aliphatic rings. The second-order valence-electron chi connectivity index (χ2n) is 3.69. The molecule has 0 spiro atoms. The molecule has 1 fully saturated rings. The lowest BCUT2D eigenvalue weighted by atomic mass is 10.1. The van der Waals surface area contributed by atoms with Crippen LogP contribution in [0.1, 0.15) is 27.2 Å². The third kappa shape index (κ3) is 3.15. The molecule has 2 nitrogen and oxygen atoms in total. The van der Waals surface area contributed by atoms with Crippen LogP contribution in [-0.4, -0.2) is 30.5 Å². The third-order valence-electron chi connectivity index (χ3n) is 2.47. The molecule has 3 heteroatoms. The largest absolute Gasteiger partial charge is 0.348 e. The molecule has 1 heterocycles. The second kappa shape index (κ2) is 5.23. The van der Waals surface area contributed by atoms with Crippen LogP contribution < -0.4 is 0 Å². The van der Waals surface area contributed by atoms with E-state index in [0.717, 1.165) is 19.0 Å². The minimum absolute atomic E-state index is 0.319. The molecule has 0 saturated carbocycles. The van der Waals surface area contributed by atoms with Gasteiger partial charge in [0.2, 0.25) is 0 Å². The van der Waals surface area contributed by atoms with Crippen LogP contribution >= 0.6 is 11.8 Å². The first kappa shape index (κ1) is 11.3. The number of thioether (sulfide) groups is 1. The molecule has 13 heavy (non-hydrogen) atoms. The Kier molecular flexibility index (Phi) is 4.56. The second-order valence-corrected chi connectivity index (χ2v) is 4.84. The zero-order valence-electron chi connectivity index (χ0n) is 8.84. The van der Waals surface area contributed by atoms with Crippen molar-refractivity contribution in [1.82, 2.24) is 0 Å². The molecule has 1 saturated heterocycles. The van der Waals surface area contributed by atoms with Crippen molar-refractivity contribution >= 4 is 11.8 Å². The number of hydrogen-bond acceptors (Lipinski definition) is 3. The van der Waals surface area contributed by atoms with Crippen molar-refractivity contribution < 1.29 is 9.47 Å². The summed E-state index contributed by atoms with van der Waals surface area (Å²) in [5.74, 6) is 2.53. The lowest BCUT2D eigenvalue weighted by Gasteiger charge is -2.29. The molecule has 0 aliphatic carbocycles. The average Bonchev–Trinajstić information content (AvgIpc) is 2.54. The van der Waals surface area contributed by atoms with Crippen molar-refractivity contribution in [3.8, 4) is 0 Å². The van der Waals surface area contributed by atoms with Gasteiger partial charge in [0, 0.05) is 11.7 Å². The van der Waals surface area contributed by atoms with Gasteiger partial charge in [-0.2, -0.15) is 11.8 Å². The fourth-order valence-electron chi connectivity index (χ4n) is 1.37. The summed E-state index contributed by atoms with van der Waals surface area (Å²) in [5.41, 5.74) is 0. The minimum Gasteiger partial charge on any atom is -0.348 e. The van der Waals surface area contributed by atoms with Gasteiger partial charge in [-0.25, -0.2) is 0 Å². The summed E-state index contributed by atoms with van der Waals surface area (Å²) in [6.45, 7) is 7.96. The number of rotatable bonds is 5. The van der Waals surface area contributed by atoms with Crippen molar-refractivity contribution in [1.29, 1.82) is 0 Å². The van der Waals surface area contributed by atoms with Gasteiger partial charge in [0.25, 0.3) is 0 Å². The molecular formula is C10H20O2S. The van der Waals surface area contributed by atoms with Gasteiger partial charge < -0.3 is 9.47 Å². The van der Waals surface area contributed by atoms with E-state index in [1.54, 1.807) is 0 Å². The van der Waals surface area contributed by atoms with Gasteiger partial charge in [-0.05, 0) is 19.1 Å². The maximum atomic E-state index is 5.60. The van der Waals surface area contributed by atoms with Gasteiger partial charge in [-0.15, -0.1) is 0 Å². The number of hydrogen-bond donors (Lipinski definition) is 0. The monoisotopic (exact) mass is 204 g/mol. The molecule has 0 aromatic carbocycles. The summed E-state index contributed by atoms with van der Waals surface area (Å²) in [6, 6.07) is 0. The lowest BCUT2D eigenvalue weighted by Crippen LogP contribution is -2.35. The zero-order chi connectivity index (χ0) is 9.73. The Morgan fingerprint density at radius 2 is 2.00 bits per heavy atom. The first-order valence-electron chi connectivity index (χ1n) is 5.04. The van der Waals surface area contributed by atoms with Crippen LogP contribution in [0, 0.1) is 5.92 Å². The van der Waals surface area contributed by atoms with E-state index < -0.39 is 0 Å². The Labute approximate surface area is 85.4 Å². The van der Waals surface area contributed by atoms with Gasteiger partial charge in [-0.3, -0.25) is 0 Å². The van der Waals surface area contributed by atoms with Crippen molar-refractivity contribution in [2.75, 3.05) is 24.7 Å². The van der Waals surface area contributed by atoms with Crippen LogP contribution in [0.2, 0.25) is 0 Å². The highest BCUT2D eigenvalue weighted by Crippen LogP contribution is 2.29. The SMILES string of the molecule is CCCSCC(C)C1(C)OCCO1. The predicted octanol–water partition coefficient (Wildman–Crippen LogP) is 2.53. The van der Waals surface area contributed by atoms with Gasteiger partial charge in [-0.1, -0.05) is 13.8 Å². The molecule has 0 bridgehead atoms. The molecule has 0 aromatic heterocycles. The normalized spacial score (nSPS) is 23.3. The maximum Gasteiger partial charge on any atom is 0.169 e. The molecule has 1 aliphatic heterocycles. The van der Waals surface area contributed by atoms with E-state index in [-0.39, 0.29) is 5.79 Å². The van der Waals surface area contributed by atoms with Crippen LogP contribution in [-0.2, 0) is 9.47 Å². The topological polar surface area (TPSA) is 18.5 Å². The summed E-state index contributed by atoms with van der Waals surface area (Å²) in [4.78, 5) is 0. The molecule has 0 N–H and O–H groups in total. The van der Waals surface area contributed by atoms with Gasteiger partial charge in [0.15, 0.2) is 5.79 Å². The standard InChI is InChI=1S/C10H20O2S/c1-4-7-13-8-9(2)10(3)11-5-6-12-10/h9H,4-8H2,1-3H3. The highest BCUT2D eigenvalue weighted by Gasteiger charge is 2.36. The summed E-state index contributed by atoms with van der Waals surface area (Å²) in [5, 5.41) is 0. The Balaban J connectivity index is 2.24. The predicted molar refractivity (Wildman–Crippen MR) is 57.1 cm³/mol. The van der Waals surface area contributed by atoms with E-state index in [0.29, 0.717) is 5.92 Å². The van der Waals surface area contributed by atoms with Crippen molar-refractivity contribution in [2.45, 2.75) is 33.0 Å². The highest BCUT2D eigenvalue weighted by molar-refractivity contribution is 7.99. The Morgan fingerprint density at radius 3 is 2.54 bits per heavy atom. The summed E-state index contributed by atoms with van der Waals surface area (Å²) in [7, 11) is 0. The zero-order valence-corrected chi connectivity index (χ0v) is 9.65. The quantitative estimate of drug-likeness (QED) is 0.641. The van der Waals surface area contributed by atoms with E-state index in [4.69, 9.17) is 9.47 Å². The van der Waals surface area contributed by atoms with Gasteiger partial charge in [0.05, 0.1) is 13.2 Å². The number of ether oxygens (including phenoxy) is 2. The van der Waals surface area contributed by atoms with E-state index in [9.17, 15) is 0 Å². The molecular weight excluding hydrogens is 184 g/mol. The van der Waals surface area contributed by atoms with Crippen LogP contribution in [0.4, 0.5) is 0 Å². The molecule has 0 amide bonds. The van der Waals surface area contributed by atoms with E-state index >= 15 is 0 Å². The summed E-state index contributed by atoms with van der Waals surface area (Å²) < 4.78 is 11.2. The minimum atomic E-state index is -0.319. The van der Waals surface area contributed by atoms with Crippen LogP contribution in [0.25, 0.3) is 0 Å². The van der Waals surface area contributed by atoms with Crippen LogP contribution in [0.3, 0.4) is 0 Å². The third-order valence-corrected chi connectivity index (χ3v) is 3.90. The fraction of sp³-hybridized carbons (Fsp3) is 1.00. The maximum absolute atomic E-state index is 5.60. The smallest absolute Gasteiger partial charge is 0.169 e. The molecule has 1 atom stereocenters. The van der Waals surface area contributed by atoms with Crippen molar-refractivity contribution in [3.05, 3.63) is 0 Å². The Bertz CT molecular complexity index is 144. The first-order chi connectivity index (χ1) is 6.19. The molecule has 0 radical (unpaired) electrons. The Hall–Kier alpha value is 0.270. The fourth-order valence-corrected chi connectivity index (χ4v) is 2.48. The van der Waals surface area contributed by atoms with Gasteiger partial charge >= 0.3 is 0 Å². The molecule has 1 rings (SSSR count). The molecule has 0 aromatic rings. The highest BCUT2D eigenvalue weighted by atomic mass is 32.2. The summed E-state index contributed by atoms with van der Waals surface area (Å²) >= 11 is 1.99. The van der Waals surface area contributed by atoms with Gasteiger partial charge in [0.1, 0.15) is 0 Å². The van der Waals surface area contributed by atoms with Crippen LogP contribution in [0.15, 0.2) is 0 Å². The van der Waals surface area contributed by atoms with E-state index in [1.165, 1.54) is 12.2 Å². The van der Waals surface area contributed by atoms with Crippen LogP contribution in [0.5, 0.6) is 0 Å². The van der Waals surface area contributed by atoms with E-state index in [1.807, 2.05) is 11.8 Å². The first-order valence-corrected chi connectivity index (χ1v) is 6.20. The van der Waals surface area contributed by atoms with Crippen molar-refractivity contribution in [2.24, 2.45) is 5.92 Å².